The maximum Gasteiger partial charge on any atom is 0.408 e. The Bertz CT molecular complexity index is 1000. The van der Waals surface area contributed by atoms with Gasteiger partial charge in [-0.2, -0.15) is 0 Å². The Kier molecular flexibility index (Phi) is 6.38. The van der Waals surface area contributed by atoms with E-state index in [9.17, 15) is 14.0 Å². The van der Waals surface area contributed by atoms with Crippen LogP contribution < -0.4 is 15.5 Å². The fourth-order valence-electron chi connectivity index (χ4n) is 3.86. The highest BCUT2D eigenvalue weighted by atomic mass is 19.1. The minimum absolute atomic E-state index is 0.0191. The minimum Gasteiger partial charge on any atom is -0.444 e. The molecular weight excluding hydrogens is 399 g/mol. The van der Waals surface area contributed by atoms with Gasteiger partial charge in [0.05, 0.1) is 11.6 Å². The quantitative estimate of drug-likeness (QED) is 0.767. The Morgan fingerprint density at radius 2 is 2.03 bits per heavy atom. The lowest BCUT2D eigenvalue weighted by Gasteiger charge is -2.26. The van der Waals surface area contributed by atoms with Gasteiger partial charge in [0.25, 0.3) is 0 Å². The zero-order valence-electron chi connectivity index (χ0n) is 19.0. The maximum atomic E-state index is 14.2. The van der Waals surface area contributed by atoms with Crippen LogP contribution >= 0.6 is 0 Å². The molecule has 2 amide bonds. The highest BCUT2D eigenvalue weighted by Crippen LogP contribution is 2.32. The molecule has 1 fully saturated rings. The van der Waals surface area contributed by atoms with E-state index in [2.05, 4.69) is 15.5 Å². The average molecular weight is 431 g/mol. The molecule has 7 nitrogen and oxygen atoms in total. The molecule has 0 radical (unpaired) electrons. The van der Waals surface area contributed by atoms with Gasteiger partial charge < -0.3 is 20.3 Å². The molecule has 0 spiro atoms. The number of ether oxygens (including phenoxy) is 1. The molecule has 2 atom stereocenters. The number of aromatic nitrogens is 1. The second kappa shape index (κ2) is 8.69. The van der Waals surface area contributed by atoms with E-state index in [1.807, 2.05) is 33.8 Å². The van der Waals surface area contributed by atoms with Crippen molar-refractivity contribution in [2.45, 2.75) is 65.6 Å². The van der Waals surface area contributed by atoms with Crippen molar-refractivity contribution < 1.29 is 18.7 Å². The van der Waals surface area contributed by atoms with Crippen molar-refractivity contribution in [1.29, 1.82) is 0 Å². The molecule has 0 bridgehead atoms. The van der Waals surface area contributed by atoms with Crippen molar-refractivity contribution >= 4 is 28.7 Å². The van der Waals surface area contributed by atoms with E-state index in [0.717, 1.165) is 17.4 Å². The molecule has 0 unspecified atom stereocenters. The number of rotatable bonds is 4. The van der Waals surface area contributed by atoms with Gasteiger partial charge in [0.1, 0.15) is 17.2 Å². The number of benzene rings is 1. The van der Waals surface area contributed by atoms with Crippen LogP contribution in [0.1, 0.15) is 58.2 Å². The highest BCUT2D eigenvalue weighted by Gasteiger charge is 2.28. The van der Waals surface area contributed by atoms with Gasteiger partial charge in [0.2, 0.25) is 5.91 Å². The average Bonchev–Trinajstić information content (AvgIpc) is 3.10. The number of nitrogens with one attached hydrogen (secondary N) is 2. The second-order valence-corrected chi connectivity index (χ2v) is 9.15. The van der Waals surface area contributed by atoms with Crippen LogP contribution in [-0.4, -0.2) is 41.7 Å². The van der Waals surface area contributed by atoms with Crippen LogP contribution in [0.5, 0.6) is 0 Å². The Hall–Kier alpha value is -2.90. The summed E-state index contributed by atoms with van der Waals surface area (Å²) < 4.78 is 19.6. The van der Waals surface area contributed by atoms with Crippen molar-refractivity contribution in [2.24, 2.45) is 0 Å². The number of amides is 2. The summed E-state index contributed by atoms with van der Waals surface area (Å²) in [6, 6.07) is 4.70. The van der Waals surface area contributed by atoms with Crippen molar-refractivity contribution in [3.63, 3.8) is 0 Å². The number of fused-ring (bicyclic) bond motifs is 1. The van der Waals surface area contributed by atoms with Crippen LogP contribution in [0.4, 0.5) is 15.0 Å². The zero-order chi connectivity index (χ0) is 22.9. The van der Waals surface area contributed by atoms with E-state index in [0.29, 0.717) is 30.0 Å². The molecule has 0 aliphatic carbocycles. The summed E-state index contributed by atoms with van der Waals surface area (Å²) >= 11 is 0. The summed E-state index contributed by atoms with van der Waals surface area (Å²) in [5, 5.41) is 6.63. The molecule has 1 aliphatic rings. The van der Waals surface area contributed by atoms with Crippen molar-refractivity contribution in [3.05, 3.63) is 35.1 Å². The minimum atomic E-state index is -0.608. The molecule has 2 N–H and O–H groups in total. The fraction of sp³-hybridized carbons (Fsp3) is 0.522. The molecule has 2 aromatic rings. The van der Waals surface area contributed by atoms with Gasteiger partial charge in [0.15, 0.2) is 0 Å². The predicted molar refractivity (Wildman–Crippen MR) is 119 cm³/mol. The SMILES string of the molecule is CC(=O)N[C@@H]1CCN(c2nc3c(C)c(F)ccc3cc2[C@H](C)NC(=O)OC(C)(C)C)C1. The van der Waals surface area contributed by atoms with Gasteiger partial charge in [0, 0.05) is 42.6 Å². The monoisotopic (exact) mass is 430 g/mol. The van der Waals surface area contributed by atoms with E-state index in [1.165, 1.54) is 13.0 Å². The van der Waals surface area contributed by atoms with Gasteiger partial charge in [-0.3, -0.25) is 4.79 Å². The third-order valence-electron chi connectivity index (χ3n) is 5.28. The lowest BCUT2D eigenvalue weighted by molar-refractivity contribution is -0.119. The lowest BCUT2D eigenvalue weighted by atomic mass is 10.0. The van der Waals surface area contributed by atoms with Gasteiger partial charge in [-0.15, -0.1) is 0 Å². The molecule has 31 heavy (non-hydrogen) atoms. The Morgan fingerprint density at radius 1 is 1.32 bits per heavy atom. The predicted octanol–water partition coefficient (Wildman–Crippen LogP) is 3.98. The first kappa shape index (κ1) is 22.8. The molecular formula is C23H31FN4O3. The molecule has 8 heteroatoms. The Labute approximate surface area is 182 Å². The lowest BCUT2D eigenvalue weighted by Crippen LogP contribution is -2.37. The van der Waals surface area contributed by atoms with E-state index in [-0.39, 0.29) is 23.8 Å². The second-order valence-electron chi connectivity index (χ2n) is 9.15. The van der Waals surface area contributed by atoms with Crippen LogP contribution in [-0.2, 0) is 9.53 Å². The van der Waals surface area contributed by atoms with Crippen molar-refractivity contribution in [2.75, 3.05) is 18.0 Å². The molecule has 1 aromatic carbocycles. The summed E-state index contributed by atoms with van der Waals surface area (Å²) in [6.45, 7) is 11.8. The fourth-order valence-corrected chi connectivity index (χ4v) is 3.86. The highest BCUT2D eigenvalue weighted by molar-refractivity contribution is 5.85. The van der Waals surface area contributed by atoms with E-state index in [1.54, 1.807) is 13.0 Å². The maximum absolute atomic E-state index is 14.2. The summed E-state index contributed by atoms with van der Waals surface area (Å²) in [4.78, 5) is 30.7. The van der Waals surface area contributed by atoms with E-state index in [4.69, 9.17) is 9.72 Å². The first-order valence-electron chi connectivity index (χ1n) is 10.6. The molecule has 1 saturated heterocycles. The number of hydrogen-bond donors (Lipinski definition) is 2. The molecule has 168 valence electrons. The normalized spacial score (nSPS) is 17.5. The molecule has 1 aromatic heterocycles. The molecule has 2 heterocycles. The number of carbonyl (C=O) groups excluding carboxylic acids is 2. The number of hydrogen-bond acceptors (Lipinski definition) is 5. The third kappa shape index (κ3) is 5.42. The molecule has 3 rings (SSSR count). The summed E-state index contributed by atoms with van der Waals surface area (Å²) in [5.74, 6) is 0.296. The van der Waals surface area contributed by atoms with Crippen LogP contribution in [0.3, 0.4) is 0 Å². The Morgan fingerprint density at radius 3 is 2.68 bits per heavy atom. The van der Waals surface area contributed by atoms with Gasteiger partial charge in [-0.05, 0) is 59.2 Å². The molecule has 1 aliphatic heterocycles. The van der Waals surface area contributed by atoms with Crippen molar-refractivity contribution in [3.8, 4) is 0 Å². The van der Waals surface area contributed by atoms with Crippen LogP contribution in [0.15, 0.2) is 18.2 Å². The largest absolute Gasteiger partial charge is 0.444 e. The van der Waals surface area contributed by atoms with Gasteiger partial charge in [-0.25, -0.2) is 14.2 Å². The summed E-state index contributed by atoms with van der Waals surface area (Å²) in [7, 11) is 0. The standard InChI is InChI=1S/C23H31FN4O3/c1-13-19(24)8-7-16-11-18(14(2)25-22(30)31-23(4,5)6)21(27-20(13)16)28-10-9-17(12-28)26-15(3)29/h7-8,11,14,17H,9-10,12H2,1-6H3,(H,25,30)(H,26,29)/t14-,17+/m0/s1. The summed E-state index contributed by atoms with van der Waals surface area (Å²) in [6.07, 6.45) is 0.272. The molecule has 0 saturated carbocycles. The first-order chi connectivity index (χ1) is 14.4. The summed E-state index contributed by atoms with van der Waals surface area (Å²) in [5.41, 5.74) is 1.28. The first-order valence-corrected chi connectivity index (χ1v) is 10.6. The zero-order valence-corrected chi connectivity index (χ0v) is 19.0. The van der Waals surface area contributed by atoms with Crippen molar-refractivity contribution in [1.82, 2.24) is 15.6 Å². The number of aryl methyl sites for hydroxylation is 1. The van der Waals surface area contributed by atoms with E-state index < -0.39 is 11.7 Å². The van der Waals surface area contributed by atoms with Crippen LogP contribution in [0, 0.1) is 12.7 Å². The Balaban J connectivity index is 1.98. The van der Waals surface area contributed by atoms with Crippen LogP contribution in [0.25, 0.3) is 10.9 Å². The number of nitrogens with zero attached hydrogens (tertiary/aromatic N) is 2. The van der Waals surface area contributed by atoms with Crippen LogP contribution in [0.2, 0.25) is 0 Å². The van der Waals surface area contributed by atoms with E-state index >= 15 is 0 Å². The number of pyridine rings is 1. The number of carbonyl (C=O) groups is 2. The van der Waals surface area contributed by atoms with Gasteiger partial charge >= 0.3 is 6.09 Å². The van der Waals surface area contributed by atoms with Gasteiger partial charge in [-0.1, -0.05) is 0 Å². The number of alkyl carbamates (subject to hydrolysis) is 1. The third-order valence-corrected chi connectivity index (χ3v) is 5.28. The smallest absolute Gasteiger partial charge is 0.408 e. The number of halogens is 1. The topological polar surface area (TPSA) is 83.6 Å². The number of anilines is 1.